The van der Waals surface area contributed by atoms with Crippen molar-refractivity contribution in [2.45, 2.75) is 13.8 Å². The Balaban J connectivity index is 1.67. The molecule has 0 spiro atoms. The number of hydrogen-bond donors (Lipinski definition) is 0. The molecule has 4 rings (SSSR count). The van der Waals surface area contributed by atoms with Crippen LogP contribution in [0.4, 0.5) is 0 Å². The zero-order valence-corrected chi connectivity index (χ0v) is 23.1. The van der Waals surface area contributed by atoms with Gasteiger partial charge in [0, 0.05) is 3.57 Å². The molecule has 1 aliphatic rings. The number of carbonyl (C=O) groups is 2. The van der Waals surface area contributed by atoms with E-state index in [9.17, 15) is 9.59 Å². The van der Waals surface area contributed by atoms with Crippen molar-refractivity contribution in [3.8, 4) is 11.5 Å². The number of rotatable bonds is 6. The highest BCUT2D eigenvalue weighted by Gasteiger charge is 2.26. The van der Waals surface area contributed by atoms with Gasteiger partial charge in [0.05, 0.1) is 27.2 Å². The predicted molar refractivity (Wildman–Crippen MR) is 146 cm³/mol. The summed E-state index contributed by atoms with van der Waals surface area (Å²) in [5.41, 5.74) is 2.61. The minimum absolute atomic E-state index is 0.105. The van der Waals surface area contributed by atoms with E-state index in [4.69, 9.17) is 25.8 Å². The molecule has 1 heterocycles. The van der Waals surface area contributed by atoms with Crippen molar-refractivity contribution in [3.05, 3.63) is 95.6 Å². The molecule has 0 unspecified atom stereocenters. The molecular formula is C26H18BrClINO5. The molecule has 0 radical (unpaired) electrons. The van der Waals surface area contributed by atoms with Crippen LogP contribution in [-0.2, 0) is 9.53 Å². The van der Waals surface area contributed by atoms with Gasteiger partial charge in [-0.05, 0) is 106 Å². The largest absolute Gasteiger partial charge is 0.490 e. The molecule has 0 aromatic heterocycles. The molecule has 0 saturated heterocycles. The lowest BCUT2D eigenvalue weighted by atomic mass is 10.1. The Morgan fingerprint density at radius 2 is 2.00 bits per heavy atom. The van der Waals surface area contributed by atoms with E-state index in [1.165, 1.54) is 0 Å². The zero-order chi connectivity index (χ0) is 25.1. The Kier molecular flexibility index (Phi) is 7.93. The van der Waals surface area contributed by atoms with Crippen molar-refractivity contribution >= 4 is 74.0 Å². The third-order valence-corrected chi connectivity index (χ3v) is 6.45. The summed E-state index contributed by atoms with van der Waals surface area (Å²) >= 11 is 11.9. The minimum Gasteiger partial charge on any atom is -0.490 e. The molecule has 0 aliphatic carbocycles. The first-order chi connectivity index (χ1) is 16.7. The van der Waals surface area contributed by atoms with E-state index in [1.54, 1.807) is 48.5 Å². The molecular weight excluding hydrogens is 649 g/mol. The first-order valence-electron chi connectivity index (χ1n) is 10.5. The summed E-state index contributed by atoms with van der Waals surface area (Å²) in [6.07, 6.45) is 1.57. The van der Waals surface area contributed by atoms with Crippen molar-refractivity contribution in [2.24, 2.45) is 4.99 Å². The third-order valence-electron chi connectivity index (χ3n) is 4.86. The van der Waals surface area contributed by atoms with Crippen molar-refractivity contribution in [3.63, 3.8) is 0 Å². The molecule has 3 aromatic rings. The van der Waals surface area contributed by atoms with Crippen LogP contribution >= 0.6 is 50.1 Å². The van der Waals surface area contributed by atoms with Gasteiger partial charge in [-0.25, -0.2) is 14.6 Å². The van der Waals surface area contributed by atoms with E-state index < -0.39 is 11.9 Å². The van der Waals surface area contributed by atoms with Gasteiger partial charge in [-0.3, -0.25) is 0 Å². The second-order valence-corrected chi connectivity index (χ2v) is 9.99. The van der Waals surface area contributed by atoms with Gasteiger partial charge in [-0.15, -0.1) is 0 Å². The van der Waals surface area contributed by atoms with Gasteiger partial charge in [0.25, 0.3) is 0 Å². The topological polar surface area (TPSA) is 74.2 Å². The second-order valence-electron chi connectivity index (χ2n) is 7.48. The molecule has 9 heteroatoms. The van der Waals surface area contributed by atoms with Crippen LogP contribution in [0.2, 0.25) is 5.02 Å². The van der Waals surface area contributed by atoms with Crippen LogP contribution < -0.4 is 9.47 Å². The summed E-state index contributed by atoms with van der Waals surface area (Å²) in [5.74, 6) is -0.392. The van der Waals surface area contributed by atoms with Gasteiger partial charge < -0.3 is 14.2 Å². The van der Waals surface area contributed by atoms with Crippen molar-refractivity contribution < 1.29 is 23.8 Å². The number of nitrogens with zero attached hydrogens (tertiary/aromatic N) is 1. The Morgan fingerprint density at radius 1 is 1.20 bits per heavy atom. The molecule has 0 N–H and O–H groups in total. The van der Waals surface area contributed by atoms with Crippen LogP contribution in [0.15, 0.2) is 69.8 Å². The zero-order valence-electron chi connectivity index (χ0n) is 18.6. The van der Waals surface area contributed by atoms with E-state index in [1.807, 2.05) is 26.0 Å². The molecule has 178 valence electrons. The maximum atomic E-state index is 12.7. The van der Waals surface area contributed by atoms with Gasteiger partial charge in [0.15, 0.2) is 17.2 Å². The smallest absolute Gasteiger partial charge is 0.363 e. The summed E-state index contributed by atoms with van der Waals surface area (Å²) in [6, 6.07) is 15.8. The lowest BCUT2D eigenvalue weighted by Crippen LogP contribution is -2.10. The molecule has 0 atom stereocenters. The van der Waals surface area contributed by atoms with Crippen molar-refractivity contribution in [2.75, 3.05) is 6.61 Å². The van der Waals surface area contributed by atoms with E-state index in [2.05, 4.69) is 43.5 Å². The van der Waals surface area contributed by atoms with E-state index in [0.29, 0.717) is 38.5 Å². The quantitative estimate of drug-likeness (QED) is 0.123. The molecule has 0 fully saturated rings. The van der Waals surface area contributed by atoms with Crippen molar-refractivity contribution in [1.29, 1.82) is 0 Å². The first-order valence-corrected chi connectivity index (χ1v) is 12.7. The molecule has 3 aromatic carbocycles. The van der Waals surface area contributed by atoms with E-state index in [-0.39, 0.29) is 17.3 Å². The maximum Gasteiger partial charge on any atom is 0.363 e. The Hall–Kier alpha value is -2.69. The lowest BCUT2D eigenvalue weighted by molar-refractivity contribution is -0.129. The van der Waals surface area contributed by atoms with Crippen molar-refractivity contribution in [1.82, 2.24) is 0 Å². The van der Waals surface area contributed by atoms with Crippen LogP contribution in [0.25, 0.3) is 6.08 Å². The highest BCUT2D eigenvalue weighted by atomic mass is 127. The first kappa shape index (κ1) is 25.4. The number of aryl methyl sites for hydroxylation is 1. The third kappa shape index (κ3) is 5.94. The molecule has 0 amide bonds. The van der Waals surface area contributed by atoms with Gasteiger partial charge in [0.2, 0.25) is 5.90 Å². The fourth-order valence-corrected chi connectivity index (χ4v) is 4.53. The number of aliphatic imine (C=N–C) groups is 1. The summed E-state index contributed by atoms with van der Waals surface area (Å²) in [7, 11) is 0. The summed E-state index contributed by atoms with van der Waals surface area (Å²) in [5, 5.41) is 0.430. The van der Waals surface area contributed by atoms with E-state index in [0.717, 1.165) is 9.13 Å². The number of cyclic esters (lactones) is 1. The lowest BCUT2D eigenvalue weighted by Gasteiger charge is -2.14. The normalized spacial score (nSPS) is 14.0. The molecule has 35 heavy (non-hydrogen) atoms. The average Bonchev–Trinajstić information content (AvgIpc) is 3.17. The number of benzene rings is 3. The molecule has 1 aliphatic heterocycles. The van der Waals surface area contributed by atoms with Gasteiger partial charge in [-0.1, -0.05) is 29.3 Å². The van der Waals surface area contributed by atoms with E-state index >= 15 is 0 Å². The van der Waals surface area contributed by atoms with Gasteiger partial charge in [0.1, 0.15) is 0 Å². The van der Waals surface area contributed by atoms with Gasteiger partial charge >= 0.3 is 11.9 Å². The molecule has 0 saturated carbocycles. The Bertz CT molecular complexity index is 1400. The molecule has 6 nitrogen and oxygen atoms in total. The van der Waals surface area contributed by atoms with Crippen LogP contribution in [-0.4, -0.2) is 24.4 Å². The fraction of sp³-hybridized carbons (Fsp3) is 0.115. The Labute approximate surface area is 229 Å². The Morgan fingerprint density at radius 3 is 2.74 bits per heavy atom. The summed E-state index contributed by atoms with van der Waals surface area (Å²) in [4.78, 5) is 29.5. The standard InChI is InChI=1S/C26H18BrClINO5/c1-3-33-22-12-15(10-19(27)23(22)34-25(31)16-6-4-5-14(2)9-16)11-21-26(32)35-24(30-21)18-13-17(29)7-8-20(18)28/h4-13H,3H2,1-2H3/b21-11-. The predicted octanol–water partition coefficient (Wildman–Crippen LogP) is 6.98. The number of hydrogen-bond acceptors (Lipinski definition) is 6. The number of halogens is 3. The highest BCUT2D eigenvalue weighted by Crippen LogP contribution is 2.38. The van der Waals surface area contributed by atoms with Crippen LogP contribution in [0.1, 0.15) is 34.0 Å². The maximum absolute atomic E-state index is 12.7. The molecule has 0 bridgehead atoms. The monoisotopic (exact) mass is 665 g/mol. The van der Waals surface area contributed by atoms with Crippen LogP contribution in [0, 0.1) is 10.5 Å². The van der Waals surface area contributed by atoms with Gasteiger partial charge in [-0.2, -0.15) is 0 Å². The number of ether oxygens (including phenoxy) is 3. The summed E-state index contributed by atoms with van der Waals surface area (Å²) < 4.78 is 18.1. The highest BCUT2D eigenvalue weighted by molar-refractivity contribution is 14.1. The fourth-order valence-electron chi connectivity index (χ4n) is 3.30. The summed E-state index contributed by atoms with van der Waals surface area (Å²) in [6.45, 7) is 4.06. The number of esters is 2. The van der Waals surface area contributed by atoms with Crippen LogP contribution in [0.5, 0.6) is 11.5 Å². The minimum atomic E-state index is -0.598. The second kappa shape index (κ2) is 10.9. The SMILES string of the molecule is CCOc1cc(/C=C2\N=C(c3cc(I)ccc3Cl)OC2=O)cc(Br)c1OC(=O)c1cccc(C)c1. The average molecular weight is 667 g/mol. The number of carbonyl (C=O) groups excluding carboxylic acids is 2. The van der Waals surface area contributed by atoms with Crippen LogP contribution in [0.3, 0.4) is 0 Å².